The average molecular weight is 292 g/mol. The number of hydrogen-bond donors (Lipinski definition) is 1. The minimum absolute atomic E-state index is 0.0727. The molecule has 0 aliphatic carbocycles. The molecule has 1 N–H and O–H groups in total. The van der Waals surface area contributed by atoms with Gasteiger partial charge in [0.05, 0.1) is 13.2 Å². The Bertz CT molecular complexity index is 546. The van der Waals surface area contributed by atoms with Crippen LogP contribution in [0.1, 0.15) is 6.42 Å². The number of benzene rings is 1. The van der Waals surface area contributed by atoms with E-state index in [1.54, 1.807) is 0 Å². The average Bonchev–Trinajstić information content (AvgIpc) is 2.76. The van der Waals surface area contributed by atoms with Crippen LogP contribution in [0, 0.1) is 0 Å². The standard InChI is InChI=1S/C11H14ClNO4S/c1-17-10-6-8(12)2-3-11(10)18(15,16)13-5-4-9(14)7-13/h2-3,6,9,14H,4-5,7H2,1H3/t9-/m0/s1. The lowest BCUT2D eigenvalue weighted by molar-refractivity contribution is 0.189. The third-order valence-electron chi connectivity index (χ3n) is 2.87. The van der Waals surface area contributed by atoms with Crippen molar-refractivity contribution in [2.24, 2.45) is 0 Å². The van der Waals surface area contributed by atoms with Crippen LogP contribution in [-0.4, -0.2) is 44.1 Å². The van der Waals surface area contributed by atoms with E-state index in [2.05, 4.69) is 0 Å². The van der Waals surface area contributed by atoms with Crippen molar-refractivity contribution in [1.82, 2.24) is 4.31 Å². The van der Waals surface area contributed by atoms with Crippen molar-refractivity contribution in [2.75, 3.05) is 20.2 Å². The van der Waals surface area contributed by atoms with Crippen molar-refractivity contribution < 1.29 is 18.3 Å². The monoisotopic (exact) mass is 291 g/mol. The first-order valence-electron chi connectivity index (χ1n) is 5.47. The molecule has 100 valence electrons. The van der Waals surface area contributed by atoms with E-state index in [4.69, 9.17) is 16.3 Å². The van der Waals surface area contributed by atoms with Crippen molar-refractivity contribution in [3.05, 3.63) is 23.2 Å². The van der Waals surface area contributed by atoms with Gasteiger partial charge in [0, 0.05) is 24.2 Å². The molecule has 2 rings (SSSR count). The lowest BCUT2D eigenvalue weighted by Crippen LogP contribution is -2.30. The fourth-order valence-corrected chi connectivity index (χ4v) is 3.71. The van der Waals surface area contributed by atoms with Gasteiger partial charge in [-0.15, -0.1) is 0 Å². The van der Waals surface area contributed by atoms with E-state index in [1.165, 1.54) is 29.6 Å². The van der Waals surface area contributed by atoms with Gasteiger partial charge in [0.2, 0.25) is 10.0 Å². The highest BCUT2D eigenvalue weighted by atomic mass is 35.5. The summed E-state index contributed by atoms with van der Waals surface area (Å²) in [5.41, 5.74) is 0. The number of aliphatic hydroxyl groups excluding tert-OH is 1. The number of halogens is 1. The van der Waals surface area contributed by atoms with Gasteiger partial charge in [-0.1, -0.05) is 11.6 Å². The number of aliphatic hydroxyl groups is 1. The van der Waals surface area contributed by atoms with Crippen LogP contribution in [0.15, 0.2) is 23.1 Å². The van der Waals surface area contributed by atoms with Gasteiger partial charge in [0.15, 0.2) is 0 Å². The summed E-state index contributed by atoms with van der Waals surface area (Å²) in [6.45, 7) is 0.434. The summed E-state index contributed by atoms with van der Waals surface area (Å²) in [6.07, 6.45) is -0.146. The highest BCUT2D eigenvalue weighted by Gasteiger charge is 2.33. The van der Waals surface area contributed by atoms with Crippen molar-refractivity contribution in [2.45, 2.75) is 17.4 Å². The molecule has 0 aromatic heterocycles. The molecular formula is C11H14ClNO4S. The summed E-state index contributed by atoms with van der Waals surface area (Å²) in [4.78, 5) is 0.0727. The van der Waals surface area contributed by atoms with E-state index >= 15 is 0 Å². The van der Waals surface area contributed by atoms with E-state index < -0.39 is 16.1 Å². The Labute approximate surface area is 111 Å². The van der Waals surface area contributed by atoms with E-state index in [9.17, 15) is 13.5 Å². The highest BCUT2D eigenvalue weighted by Crippen LogP contribution is 2.31. The maximum Gasteiger partial charge on any atom is 0.246 e. The maximum atomic E-state index is 12.4. The molecule has 5 nitrogen and oxygen atoms in total. The van der Waals surface area contributed by atoms with Gasteiger partial charge >= 0.3 is 0 Å². The summed E-state index contributed by atoms with van der Waals surface area (Å²) in [5.74, 6) is 0.212. The molecule has 0 saturated carbocycles. The van der Waals surface area contributed by atoms with Crippen LogP contribution in [0.3, 0.4) is 0 Å². The largest absolute Gasteiger partial charge is 0.495 e. The topological polar surface area (TPSA) is 66.8 Å². The van der Waals surface area contributed by atoms with Crippen LogP contribution in [0.5, 0.6) is 5.75 Å². The van der Waals surface area contributed by atoms with Crippen LogP contribution in [0.25, 0.3) is 0 Å². The molecule has 18 heavy (non-hydrogen) atoms. The molecule has 1 saturated heterocycles. The number of hydrogen-bond acceptors (Lipinski definition) is 4. The molecule has 1 aromatic rings. The molecule has 0 amide bonds. The molecule has 0 spiro atoms. The number of methoxy groups -OCH3 is 1. The smallest absolute Gasteiger partial charge is 0.246 e. The van der Waals surface area contributed by atoms with E-state index in [0.717, 1.165) is 0 Å². The van der Waals surface area contributed by atoms with Gasteiger partial charge in [0.1, 0.15) is 10.6 Å². The van der Waals surface area contributed by atoms with Gasteiger partial charge in [-0.25, -0.2) is 8.42 Å². The molecule has 1 aliphatic rings. The number of β-amino-alcohol motifs (C(OH)–C–C–N with tert-alkyl or cyclic N) is 1. The first-order chi connectivity index (χ1) is 8.45. The van der Waals surface area contributed by atoms with E-state index in [0.29, 0.717) is 18.0 Å². The van der Waals surface area contributed by atoms with E-state index in [1.807, 2.05) is 0 Å². The zero-order valence-corrected chi connectivity index (χ0v) is 11.4. The molecule has 0 bridgehead atoms. The van der Waals surface area contributed by atoms with Gasteiger partial charge in [-0.3, -0.25) is 0 Å². The minimum Gasteiger partial charge on any atom is -0.495 e. The molecule has 7 heteroatoms. The third-order valence-corrected chi connectivity index (χ3v) is 5.01. The van der Waals surface area contributed by atoms with Crippen LogP contribution in [0.4, 0.5) is 0 Å². The Hall–Kier alpha value is -0.820. The number of nitrogens with zero attached hydrogens (tertiary/aromatic N) is 1. The summed E-state index contributed by atoms with van der Waals surface area (Å²) < 4.78 is 31.0. The van der Waals surface area contributed by atoms with Crippen molar-refractivity contribution >= 4 is 21.6 Å². The fraction of sp³-hybridized carbons (Fsp3) is 0.455. The Morgan fingerprint density at radius 1 is 1.50 bits per heavy atom. The first kappa shape index (κ1) is 13.6. The Kier molecular flexibility index (Phi) is 3.82. The molecule has 1 heterocycles. The second-order valence-corrected chi connectivity index (χ2v) is 6.44. The van der Waals surface area contributed by atoms with Crippen LogP contribution in [0.2, 0.25) is 5.02 Å². The second-order valence-electron chi connectivity index (χ2n) is 4.10. The summed E-state index contributed by atoms with van der Waals surface area (Å²) in [7, 11) is -2.25. The predicted molar refractivity (Wildman–Crippen MR) is 67.4 cm³/mol. The summed E-state index contributed by atoms with van der Waals surface area (Å²) in [6, 6.07) is 4.38. The summed E-state index contributed by atoms with van der Waals surface area (Å²) in [5, 5.41) is 9.83. The Balaban J connectivity index is 2.41. The molecule has 1 aromatic carbocycles. The van der Waals surface area contributed by atoms with Crippen LogP contribution in [-0.2, 0) is 10.0 Å². The highest BCUT2D eigenvalue weighted by molar-refractivity contribution is 7.89. The van der Waals surface area contributed by atoms with Gasteiger partial charge in [-0.2, -0.15) is 4.31 Å². The second kappa shape index (κ2) is 5.05. The fourth-order valence-electron chi connectivity index (χ4n) is 1.92. The quantitative estimate of drug-likeness (QED) is 0.906. The molecule has 0 unspecified atom stereocenters. The lowest BCUT2D eigenvalue weighted by atomic mass is 10.3. The van der Waals surface area contributed by atoms with Crippen molar-refractivity contribution in [3.8, 4) is 5.75 Å². The maximum absolute atomic E-state index is 12.4. The molecule has 1 atom stereocenters. The van der Waals surface area contributed by atoms with Gasteiger partial charge in [0.25, 0.3) is 0 Å². The molecular weight excluding hydrogens is 278 g/mol. The van der Waals surface area contributed by atoms with Crippen molar-refractivity contribution in [3.63, 3.8) is 0 Å². The van der Waals surface area contributed by atoms with Gasteiger partial charge in [-0.05, 0) is 18.6 Å². The van der Waals surface area contributed by atoms with Crippen molar-refractivity contribution in [1.29, 1.82) is 0 Å². The van der Waals surface area contributed by atoms with Gasteiger partial charge < -0.3 is 9.84 Å². The summed E-state index contributed by atoms with van der Waals surface area (Å²) >= 11 is 5.80. The molecule has 1 fully saturated rings. The molecule has 1 aliphatic heterocycles. The number of sulfonamides is 1. The van der Waals surface area contributed by atoms with Crippen LogP contribution < -0.4 is 4.74 Å². The zero-order valence-electron chi connectivity index (χ0n) is 9.84. The van der Waals surface area contributed by atoms with Crippen LogP contribution >= 0.6 is 11.6 Å². The predicted octanol–water partition coefficient (Wildman–Crippen LogP) is 1.10. The molecule has 0 radical (unpaired) electrons. The first-order valence-corrected chi connectivity index (χ1v) is 7.28. The lowest BCUT2D eigenvalue weighted by Gasteiger charge is -2.17. The Morgan fingerprint density at radius 3 is 2.78 bits per heavy atom. The number of ether oxygens (including phenoxy) is 1. The minimum atomic E-state index is -3.64. The SMILES string of the molecule is COc1cc(Cl)ccc1S(=O)(=O)N1CC[C@H](O)C1. The Morgan fingerprint density at radius 2 is 2.22 bits per heavy atom. The van der Waals surface area contributed by atoms with E-state index in [-0.39, 0.29) is 17.2 Å². The normalized spacial score (nSPS) is 21.2. The zero-order chi connectivity index (χ0) is 13.3. The third kappa shape index (κ3) is 2.47. The number of rotatable bonds is 3.